The zero-order chi connectivity index (χ0) is 15.7. The van der Waals surface area contributed by atoms with Crippen molar-refractivity contribution in [1.29, 1.82) is 0 Å². The number of benzene rings is 1. The molecule has 0 unspecified atom stereocenters. The second-order valence-corrected chi connectivity index (χ2v) is 6.60. The molecule has 0 spiro atoms. The highest BCUT2D eigenvalue weighted by Gasteiger charge is 2.49. The van der Waals surface area contributed by atoms with Gasteiger partial charge in [-0.3, -0.25) is 9.59 Å². The molecule has 2 aliphatic carbocycles. The summed E-state index contributed by atoms with van der Waals surface area (Å²) in [6.45, 7) is 1.98. The van der Waals surface area contributed by atoms with Gasteiger partial charge in [-0.05, 0) is 55.0 Å². The summed E-state index contributed by atoms with van der Waals surface area (Å²) in [6.07, 6.45) is 5.81. The van der Waals surface area contributed by atoms with Crippen molar-refractivity contribution in [3.63, 3.8) is 0 Å². The molecule has 0 bridgehead atoms. The Morgan fingerprint density at radius 2 is 1.91 bits per heavy atom. The van der Waals surface area contributed by atoms with E-state index in [0.717, 1.165) is 36.1 Å². The smallest absolute Gasteiger partial charge is 0.165 e. The Morgan fingerprint density at radius 3 is 2.59 bits per heavy atom. The van der Waals surface area contributed by atoms with Crippen LogP contribution in [0.4, 0.5) is 0 Å². The Kier molecular flexibility index (Phi) is 3.90. The minimum absolute atomic E-state index is 0.0678. The Balaban J connectivity index is 1.87. The van der Waals surface area contributed by atoms with Gasteiger partial charge in [0.25, 0.3) is 0 Å². The molecular formula is C19H22O3. The first-order chi connectivity index (χ1) is 10.5. The normalized spacial score (nSPS) is 30.3. The van der Waals surface area contributed by atoms with Gasteiger partial charge in [0.2, 0.25) is 0 Å². The zero-order valence-electron chi connectivity index (χ0n) is 13.2. The lowest BCUT2D eigenvalue weighted by Gasteiger charge is -2.43. The van der Waals surface area contributed by atoms with E-state index in [1.807, 2.05) is 37.3 Å². The molecule has 0 aromatic heterocycles. The number of allylic oxidation sites excluding steroid dienone is 1. The number of hydrogen-bond donors (Lipinski definition) is 0. The largest absolute Gasteiger partial charge is 0.497 e. The average Bonchev–Trinajstić information content (AvgIpc) is 2.52. The first-order valence-corrected chi connectivity index (χ1v) is 7.97. The monoisotopic (exact) mass is 298 g/mol. The van der Waals surface area contributed by atoms with Crippen LogP contribution in [-0.4, -0.2) is 18.7 Å². The van der Waals surface area contributed by atoms with Gasteiger partial charge in [-0.15, -0.1) is 0 Å². The molecule has 2 fully saturated rings. The van der Waals surface area contributed by atoms with Gasteiger partial charge in [-0.1, -0.05) is 19.1 Å². The highest BCUT2D eigenvalue weighted by Crippen LogP contribution is 2.48. The van der Waals surface area contributed by atoms with E-state index < -0.39 is 5.41 Å². The highest BCUT2D eigenvalue weighted by molar-refractivity contribution is 6.07. The van der Waals surface area contributed by atoms with Gasteiger partial charge in [0, 0.05) is 17.8 Å². The van der Waals surface area contributed by atoms with Crippen LogP contribution < -0.4 is 4.74 Å². The summed E-state index contributed by atoms with van der Waals surface area (Å²) in [7, 11) is 1.64. The van der Waals surface area contributed by atoms with Crippen molar-refractivity contribution in [3.8, 4) is 5.75 Å². The Hall–Kier alpha value is -1.90. The number of carbonyl (C=O) groups is 2. The van der Waals surface area contributed by atoms with Crippen LogP contribution in [-0.2, 0) is 9.59 Å². The van der Waals surface area contributed by atoms with Crippen molar-refractivity contribution >= 4 is 17.6 Å². The summed E-state index contributed by atoms with van der Waals surface area (Å²) >= 11 is 0. The van der Waals surface area contributed by atoms with Crippen molar-refractivity contribution in [2.75, 3.05) is 7.11 Å². The molecule has 22 heavy (non-hydrogen) atoms. The van der Waals surface area contributed by atoms with E-state index in [2.05, 4.69) is 0 Å². The molecular weight excluding hydrogens is 276 g/mol. The topological polar surface area (TPSA) is 43.4 Å². The van der Waals surface area contributed by atoms with Crippen LogP contribution in [0.25, 0.3) is 6.08 Å². The lowest BCUT2D eigenvalue weighted by Crippen LogP contribution is -2.46. The molecule has 2 aliphatic rings. The van der Waals surface area contributed by atoms with Crippen LogP contribution in [0.2, 0.25) is 0 Å². The van der Waals surface area contributed by atoms with E-state index in [9.17, 15) is 9.59 Å². The van der Waals surface area contributed by atoms with Crippen LogP contribution in [0, 0.1) is 11.3 Å². The number of carbonyl (C=O) groups excluding carboxylic acids is 2. The molecule has 0 aliphatic heterocycles. The van der Waals surface area contributed by atoms with Crippen molar-refractivity contribution < 1.29 is 14.3 Å². The molecule has 0 heterocycles. The summed E-state index contributed by atoms with van der Waals surface area (Å²) in [5.41, 5.74) is 1.39. The predicted molar refractivity (Wildman–Crippen MR) is 85.7 cm³/mol. The standard InChI is InChI=1S/C19H22O3/c1-19-11-3-4-17(20)16(19)10-7-14(18(19)21)12-13-5-8-15(22-2)9-6-13/h5-6,8-9,12,16H,3-4,7,10-11H2,1-2H3/b14-12+/t16-,19+/m0/s1. The fourth-order valence-electron chi connectivity index (χ4n) is 3.90. The minimum atomic E-state index is -0.480. The van der Waals surface area contributed by atoms with E-state index in [4.69, 9.17) is 4.74 Å². The summed E-state index contributed by atoms with van der Waals surface area (Å²) in [5, 5.41) is 0. The van der Waals surface area contributed by atoms with E-state index in [1.165, 1.54) is 0 Å². The SMILES string of the molecule is COc1ccc(/C=C2\CC[C@H]3C(=O)CCC[C@@]3(C)C2=O)cc1. The molecule has 3 heteroatoms. The van der Waals surface area contributed by atoms with Gasteiger partial charge in [-0.2, -0.15) is 0 Å². The average molecular weight is 298 g/mol. The van der Waals surface area contributed by atoms with Gasteiger partial charge in [0.15, 0.2) is 5.78 Å². The number of Topliss-reactive ketones (excluding diaryl/α,β-unsaturated/α-hetero) is 2. The Labute approximate surface area is 131 Å². The molecule has 0 N–H and O–H groups in total. The fraction of sp³-hybridized carbons (Fsp3) is 0.474. The van der Waals surface area contributed by atoms with Crippen LogP contribution in [0.15, 0.2) is 29.8 Å². The van der Waals surface area contributed by atoms with E-state index in [0.29, 0.717) is 12.8 Å². The summed E-state index contributed by atoms with van der Waals surface area (Å²) in [4.78, 5) is 25.0. The molecule has 2 atom stereocenters. The molecule has 3 nitrogen and oxygen atoms in total. The number of rotatable bonds is 2. The molecule has 0 amide bonds. The van der Waals surface area contributed by atoms with E-state index in [-0.39, 0.29) is 17.5 Å². The Bertz CT molecular complexity index is 627. The van der Waals surface area contributed by atoms with Crippen LogP contribution in [0.5, 0.6) is 5.75 Å². The van der Waals surface area contributed by atoms with Gasteiger partial charge in [0.1, 0.15) is 11.5 Å². The van der Waals surface area contributed by atoms with Crippen molar-refractivity contribution in [2.24, 2.45) is 11.3 Å². The second kappa shape index (κ2) is 5.71. The molecule has 1 aromatic rings. The quantitative estimate of drug-likeness (QED) is 0.780. The second-order valence-electron chi connectivity index (χ2n) is 6.60. The third-order valence-corrected chi connectivity index (χ3v) is 5.25. The number of ketones is 2. The maximum Gasteiger partial charge on any atom is 0.165 e. The summed E-state index contributed by atoms with van der Waals surface area (Å²) in [5.74, 6) is 1.20. The molecule has 2 saturated carbocycles. The first kappa shape index (κ1) is 15.0. The van der Waals surface area contributed by atoms with Crippen molar-refractivity contribution in [2.45, 2.75) is 39.0 Å². The van der Waals surface area contributed by atoms with Crippen molar-refractivity contribution in [1.82, 2.24) is 0 Å². The van der Waals surface area contributed by atoms with Crippen LogP contribution in [0.1, 0.15) is 44.6 Å². The van der Waals surface area contributed by atoms with Crippen LogP contribution in [0.3, 0.4) is 0 Å². The lowest BCUT2D eigenvalue weighted by atomic mass is 9.58. The number of hydrogen-bond acceptors (Lipinski definition) is 3. The van der Waals surface area contributed by atoms with Crippen LogP contribution >= 0.6 is 0 Å². The van der Waals surface area contributed by atoms with Gasteiger partial charge < -0.3 is 4.74 Å². The first-order valence-electron chi connectivity index (χ1n) is 7.97. The molecule has 116 valence electrons. The summed E-state index contributed by atoms with van der Waals surface area (Å²) in [6, 6.07) is 7.71. The van der Waals surface area contributed by atoms with Gasteiger partial charge >= 0.3 is 0 Å². The highest BCUT2D eigenvalue weighted by atomic mass is 16.5. The number of methoxy groups -OCH3 is 1. The predicted octanol–water partition coefficient (Wildman–Crippen LogP) is 3.82. The third kappa shape index (κ3) is 2.49. The van der Waals surface area contributed by atoms with Gasteiger partial charge in [-0.25, -0.2) is 0 Å². The van der Waals surface area contributed by atoms with E-state index >= 15 is 0 Å². The van der Waals surface area contributed by atoms with Gasteiger partial charge in [0.05, 0.1) is 7.11 Å². The zero-order valence-corrected chi connectivity index (χ0v) is 13.2. The summed E-state index contributed by atoms with van der Waals surface area (Å²) < 4.78 is 5.15. The molecule has 0 saturated heterocycles. The molecule has 3 rings (SSSR count). The number of fused-ring (bicyclic) bond motifs is 1. The lowest BCUT2D eigenvalue weighted by molar-refractivity contribution is -0.142. The maximum atomic E-state index is 12.9. The van der Waals surface area contributed by atoms with E-state index in [1.54, 1.807) is 7.11 Å². The third-order valence-electron chi connectivity index (χ3n) is 5.25. The van der Waals surface area contributed by atoms with Crippen molar-refractivity contribution in [3.05, 3.63) is 35.4 Å². The minimum Gasteiger partial charge on any atom is -0.497 e. The Morgan fingerprint density at radius 1 is 1.18 bits per heavy atom. The molecule has 0 radical (unpaired) electrons. The molecule has 1 aromatic carbocycles. The number of ether oxygens (including phenoxy) is 1. The fourth-order valence-corrected chi connectivity index (χ4v) is 3.90. The maximum absolute atomic E-state index is 12.9.